The highest BCUT2D eigenvalue weighted by Crippen LogP contribution is 2.32. The van der Waals surface area contributed by atoms with Crippen molar-refractivity contribution in [1.82, 2.24) is 14.5 Å². The predicted octanol–water partition coefficient (Wildman–Crippen LogP) is 7.83. The van der Waals surface area contributed by atoms with Gasteiger partial charge in [0, 0.05) is 18.5 Å². The fraction of sp³-hybridized carbons (Fsp3) is 0.182. The molecule has 0 unspecified atom stereocenters. The van der Waals surface area contributed by atoms with Gasteiger partial charge in [0.1, 0.15) is 11.3 Å². The average Bonchev–Trinajstić information content (AvgIpc) is 3.53. The van der Waals surface area contributed by atoms with Gasteiger partial charge in [-0.3, -0.25) is 0 Å². The molecule has 0 atom stereocenters. The Balaban J connectivity index is 1.41. The summed E-state index contributed by atoms with van der Waals surface area (Å²) in [6, 6.07) is 25.4. The Bertz CT molecular complexity index is 1840. The molecule has 194 valence electrons. The Hall–Kier alpha value is -4.71. The summed E-state index contributed by atoms with van der Waals surface area (Å²) in [5.74, 6) is 0.723. The normalized spacial score (nSPS) is 11.5. The molecule has 0 saturated carbocycles. The molecule has 0 aliphatic carbocycles. The van der Waals surface area contributed by atoms with Gasteiger partial charge in [0.15, 0.2) is 5.58 Å². The predicted molar refractivity (Wildman–Crippen MR) is 154 cm³/mol. The van der Waals surface area contributed by atoms with E-state index >= 15 is 0 Å². The van der Waals surface area contributed by atoms with Crippen LogP contribution < -0.4 is 0 Å². The van der Waals surface area contributed by atoms with Gasteiger partial charge < -0.3 is 14.1 Å². The van der Waals surface area contributed by atoms with Crippen LogP contribution >= 0.6 is 0 Å². The summed E-state index contributed by atoms with van der Waals surface area (Å²) in [5.41, 5.74) is 9.79. The van der Waals surface area contributed by atoms with Crippen molar-refractivity contribution in [3.63, 3.8) is 0 Å². The number of carboxylic acids is 1. The second-order valence-corrected chi connectivity index (χ2v) is 10.0. The molecular weight excluding hydrogens is 486 g/mol. The number of benzene rings is 4. The van der Waals surface area contributed by atoms with Crippen LogP contribution in [0.1, 0.15) is 46.2 Å². The Morgan fingerprint density at radius 1 is 0.897 bits per heavy atom. The molecule has 0 amide bonds. The van der Waals surface area contributed by atoms with E-state index in [9.17, 15) is 9.90 Å². The zero-order chi connectivity index (χ0) is 27.1. The van der Waals surface area contributed by atoms with Crippen LogP contribution in [0.5, 0.6) is 0 Å². The summed E-state index contributed by atoms with van der Waals surface area (Å²) >= 11 is 0. The van der Waals surface area contributed by atoms with Crippen LogP contribution in [-0.2, 0) is 13.0 Å². The molecule has 6 nitrogen and oxygen atoms in total. The van der Waals surface area contributed by atoms with Crippen LogP contribution in [0.3, 0.4) is 0 Å². The maximum atomic E-state index is 11.7. The van der Waals surface area contributed by atoms with E-state index < -0.39 is 5.97 Å². The Kier molecular flexibility index (Phi) is 6.23. The number of oxazole rings is 1. The second kappa shape index (κ2) is 9.87. The van der Waals surface area contributed by atoms with Crippen LogP contribution in [-0.4, -0.2) is 25.6 Å². The number of aromatic carboxylic acids is 1. The molecule has 6 aromatic rings. The second-order valence-electron chi connectivity index (χ2n) is 10.0. The van der Waals surface area contributed by atoms with Crippen LogP contribution in [0.15, 0.2) is 83.3 Å². The number of para-hydroxylation sites is 1. The minimum Gasteiger partial charge on any atom is -0.478 e. The maximum absolute atomic E-state index is 11.7. The molecular formula is C33H29N3O3. The first-order valence-electron chi connectivity index (χ1n) is 13.2. The van der Waals surface area contributed by atoms with Gasteiger partial charge in [0.2, 0.25) is 5.89 Å². The molecule has 6 heteroatoms. The topological polar surface area (TPSA) is 81.2 Å². The van der Waals surface area contributed by atoms with Crippen LogP contribution in [0.4, 0.5) is 0 Å². The van der Waals surface area contributed by atoms with Crippen molar-refractivity contribution >= 4 is 28.1 Å². The van der Waals surface area contributed by atoms with Gasteiger partial charge in [-0.25, -0.2) is 14.8 Å². The van der Waals surface area contributed by atoms with Crippen molar-refractivity contribution in [2.75, 3.05) is 0 Å². The number of hydrogen-bond acceptors (Lipinski definition) is 4. The van der Waals surface area contributed by atoms with Gasteiger partial charge in [0.25, 0.3) is 0 Å². The first-order chi connectivity index (χ1) is 18.9. The van der Waals surface area contributed by atoms with Crippen LogP contribution in [0.2, 0.25) is 0 Å². The maximum Gasteiger partial charge on any atom is 0.336 e. The van der Waals surface area contributed by atoms with Crippen molar-refractivity contribution in [2.45, 2.75) is 40.2 Å². The lowest BCUT2D eigenvalue weighted by molar-refractivity contribution is 0.0697. The molecule has 0 spiro atoms. The molecule has 0 aliphatic heterocycles. The van der Waals surface area contributed by atoms with Crippen molar-refractivity contribution in [2.24, 2.45) is 0 Å². The molecule has 2 aromatic heterocycles. The van der Waals surface area contributed by atoms with Crippen molar-refractivity contribution in [3.05, 3.63) is 107 Å². The molecule has 39 heavy (non-hydrogen) atoms. The quantitative estimate of drug-likeness (QED) is 0.234. The lowest BCUT2D eigenvalue weighted by Gasteiger charge is -2.11. The van der Waals surface area contributed by atoms with E-state index in [0.717, 1.165) is 68.6 Å². The molecule has 6 rings (SSSR count). The number of imidazole rings is 1. The Morgan fingerprint density at radius 3 is 2.44 bits per heavy atom. The van der Waals surface area contributed by atoms with Crippen LogP contribution in [0, 0.1) is 13.8 Å². The number of aromatic nitrogens is 3. The number of nitrogens with zero attached hydrogens (tertiary/aromatic N) is 3. The van der Waals surface area contributed by atoms with E-state index in [2.05, 4.69) is 42.7 Å². The standard InChI is InChI=1S/C33H29N3O3/c1-4-8-29-35-30-21(3)17-24(32-34-27-12-7-9-20(2)31(27)39-32)18-28(30)36(29)19-22-13-15-23(16-14-22)25-10-5-6-11-26(25)33(37)38/h5-7,9-18H,4,8,19H2,1-3H3,(H,37,38). The molecule has 2 heterocycles. The summed E-state index contributed by atoms with van der Waals surface area (Å²) in [5, 5.41) is 9.59. The highest BCUT2D eigenvalue weighted by atomic mass is 16.4. The highest BCUT2D eigenvalue weighted by molar-refractivity contribution is 5.96. The first-order valence-corrected chi connectivity index (χ1v) is 13.2. The van der Waals surface area contributed by atoms with E-state index in [-0.39, 0.29) is 0 Å². The van der Waals surface area contributed by atoms with Crippen molar-refractivity contribution in [3.8, 4) is 22.6 Å². The van der Waals surface area contributed by atoms with Crippen molar-refractivity contribution < 1.29 is 14.3 Å². The fourth-order valence-electron chi connectivity index (χ4n) is 5.26. The summed E-state index contributed by atoms with van der Waals surface area (Å²) in [7, 11) is 0. The third-order valence-electron chi connectivity index (χ3n) is 7.22. The summed E-state index contributed by atoms with van der Waals surface area (Å²) in [6.45, 7) is 6.93. The monoisotopic (exact) mass is 515 g/mol. The summed E-state index contributed by atoms with van der Waals surface area (Å²) in [4.78, 5) is 21.5. The van der Waals surface area contributed by atoms with Gasteiger partial charge in [0.05, 0.1) is 16.6 Å². The molecule has 0 aliphatic rings. The zero-order valence-electron chi connectivity index (χ0n) is 22.2. The number of hydrogen-bond donors (Lipinski definition) is 1. The molecule has 1 N–H and O–H groups in total. The zero-order valence-corrected chi connectivity index (χ0v) is 22.2. The van der Waals surface area contributed by atoms with Gasteiger partial charge in [-0.1, -0.05) is 61.5 Å². The first kappa shape index (κ1) is 24.6. The summed E-state index contributed by atoms with van der Waals surface area (Å²) in [6.07, 6.45) is 1.86. The number of aryl methyl sites for hydroxylation is 3. The number of carbonyl (C=O) groups is 1. The Labute approximate surface area is 226 Å². The number of fused-ring (bicyclic) bond motifs is 2. The number of rotatable bonds is 7. The molecule has 0 saturated heterocycles. The van der Waals surface area contributed by atoms with Gasteiger partial charge in [-0.05, 0) is 72.4 Å². The highest BCUT2D eigenvalue weighted by Gasteiger charge is 2.18. The molecule has 4 aromatic carbocycles. The van der Waals surface area contributed by atoms with Crippen LogP contribution in [0.25, 0.3) is 44.7 Å². The molecule has 0 fully saturated rings. The smallest absolute Gasteiger partial charge is 0.336 e. The fourth-order valence-corrected chi connectivity index (χ4v) is 5.26. The van der Waals surface area contributed by atoms with E-state index in [1.54, 1.807) is 12.1 Å². The average molecular weight is 516 g/mol. The number of carboxylic acid groups (broad SMARTS) is 1. The van der Waals surface area contributed by atoms with Gasteiger partial charge in [-0.15, -0.1) is 0 Å². The lowest BCUT2D eigenvalue weighted by Crippen LogP contribution is -2.05. The lowest BCUT2D eigenvalue weighted by atomic mass is 9.98. The van der Waals surface area contributed by atoms with E-state index in [4.69, 9.17) is 14.4 Å². The largest absolute Gasteiger partial charge is 0.478 e. The molecule has 0 bridgehead atoms. The third kappa shape index (κ3) is 4.48. The third-order valence-corrected chi connectivity index (χ3v) is 7.22. The molecule has 0 radical (unpaired) electrons. The van der Waals surface area contributed by atoms with E-state index in [0.29, 0.717) is 23.6 Å². The summed E-state index contributed by atoms with van der Waals surface area (Å²) < 4.78 is 8.48. The van der Waals surface area contributed by atoms with Gasteiger partial charge in [-0.2, -0.15) is 0 Å². The minimum absolute atomic E-state index is 0.300. The Morgan fingerprint density at radius 2 is 1.69 bits per heavy atom. The van der Waals surface area contributed by atoms with Gasteiger partial charge >= 0.3 is 5.97 Å². The minimum atomic E-state index is -0.927. The van der Waals surface area contributed by atoms with Crippen molar-refractivity contribution in [1.29, 1.82) is 0 Å². The SMILES string of the molecule is CCCc1nc2c(C)cc(-c3nc4cccc(C)c4o3)cc2n1Cc1ccc(-c2ccccc2C(=O)O)cc1. The van der Waals surface area contributed by atoms with E-state index in [1.165, 1.54) is 0 Å². The van der Waals surface area contributed by atoms with E-state index in [1.807, 2.05) is 49.4 Å².